The summed E-state index contributed by atoms with van der Waals surface area (Å²) in [7, 11) is 1.63. The third-order valence-corrected chi connectivity index (χ3v) is 4.57. The number of thiazole rings is 2. The van der Waals surface area contributed by atoms with E-state index in [1.807, 2.05) is 30.9 Å². The Bertz CT molecular complexity index is 674. The van der Waals surface area contributed by atoms with Gasteiger partial charge in [-0.25, -0.2) is 9.97 Å². The van der Waals surface area contributed by atoms with Gasteiger partial charge in [0.05, 0.1) is 20.8 Å². The maximum Gasteiger partial charge on any atom is 0.249 e. The van der Waals surface area contributed by atoms with E-state index in [2.05, 4.69) is 9.97 Å². The molecule has 0 spiro atoms. The summed E-state index contributed by atoms with van der Waals surface area (Å²) in [5, 5.41) is 1.02. The smallest absolute Gasteiger partial charge is 0.249 e. The van der Waals surface area contributed by atoms with E-state index in [1.165, 1.54) is 0 Å². The molecule has 0 saturated heterocycles. The van der Waals surface area contributed by atoms with E-state index in [-0.39, 0.29) is 0 Å². The van der Waals surface area contributed by atoms with Crippen LogP contribution in [0.5, 0.6) is 0 Å². The van der Waals surface area contributed by atoms with Gasteiger partial charge in [0.2, 0.25) is 12.4 Å². The first-order valence-corrected chi connectivity index (χ1v) is 6.74. The van der Waals surface area contributed by atoms with Gasteiger partial charge < -0.3 is 0 Å². The van der Waals surface area contributed by atoms with Crippen molar-refractivity contribution < 1.29 is 9.57 Å². The Morgan fingerprint density at radius 3 is 3.00 bits per heavy atom. The Hall–Kier alpha value is -1.53. The number of nitrogens with zero attached hydrogens (tertiary/aromatic N) is 3. The van der Waals surface area contributed by atoms with Crippen molar-refractivity contribution in [1.82, 2.24) is 9.97 Å². The molecule has 0 saturated carbocycles. The van der Waals surface area contributed by atoms with Crippen LogP contribution in [0.2, 0.25) is 0 Å². The highest BCUT2D eigenvalue weighted by Crippen LogP contribution is 2.33. The van der Waals surface area contributed by atoms with Crippen LogP contribution in [0, 0.1) is 6.92 Å². The molecule has 0 aromatic carbocycles. The molecule has 0 aliphatic carbocycles. The van der Waals surface area contributed by atoms with Crippen molar-refractivity contribution in [1.29, 1.82) is 0 Å². The van der Waals surface area contributed by atoms with E-state index < -0.39 is 0 Å². The first kappa shape index (κ1) is 10.6. The Morgan fingerprint density at radius 1 is 1.41 bits per heavy atom. The summed E-state index contributed by atoms with van der Waals surface area (Å²) >= 11 is 3.31. The fraction of sp³-hybridized carbons (Fsp3) is 0.182. The second-order valence-electron chi connectivity index (χ2n) is 3.52. The topological polar surface area (TPSA) is 38.9 Å². The van der Waals surface area contributed by atoms with Crippen molar-refractivity contribution in [3.8, 4) is 9.88 Å². The number of hydrogen-bond acceptors (Lipinski definition) is 5. The molecule has 0 aliphatic heterocycles. The summed E-state index contributed by atoms with van der Waals surface area (Å²) in [6, 6.07) is 2.01. The summed E-state index contributed by atoms with van der Waals surface area (Å²) in [5.74, 6) is 0. The van der Waals surface area contributed by atoms with Gasteiger partial charge in [0, 0.05) is 10.8 Å². The zero-order chi connectivity index (χ0) is 11.8. The normalized spacial score (nSPS) is 10.9. The molecule has 3 aromatic heterocycles. The molecular weight excluding hydrogens is 254 g/mol. The first-order chi connectivity index (χ1) is 8.28. The van der Waals surface area contributed by atoms with Gasteiger partial charge in [-0.2, -0.15) is 0 Å². The Balaban J connectivity index is 2.17. The lowest BCUT2D eigenvalue weighted by molar-refractivity contribution is -0.884. The van der Waals surface area contributed by atoms with Gasteiger partial charge in [-0.05, 0) is 6.92 Å². The second-order valence-corrected chi connectivity index (χ2v) is 5.41. The lowest BCUT2D eigenvalue weighted by Gasteiger charge is -1.88. The maximum atomic E-state index is 5.12. The molecule has 0 N–H and O–H groups in total. The van der Waals surface area contributed by atoms with Crippen LogP contribution in [0.4, 0.5) is 0 Å². The first-order valence-electron chi connectivity index (χ1n) is 5.04. The Labute approximate surface area is 106 Å². The van der Waals surface area contributed by atoms with Crippen LogP contribution in [-0.2, 0) is 0 Å². The molecule has 6 heteroatoms. The van der Waals surface area contributed by atoms with Crippen LogP contribution in [-0.4, -0.2) is 17.1 Å². The van der Waals surface area contributed by atoms with Crippen LogP contribution in [0.1, 0.15) is 5.69 Å². The van der Waals surface area contributed by atoms with Gasteiger partial charge >= 0.3 is 0 Å². The van der Waals surface area contributed by atoms with Crippen LogP contribution < -0.4 is 9.57 Å². The van der Waals surface area contributed by atoms with Gasteiger partial charge in [0.1, 0.15) is 12.1 Å². The van der Waals surface area contributed by atoms with Crippen molar-refractivity contribution in [2.24, 2.45) is 0 Å². The number of hydrogen-bond donors (Lipinski definition) is 0. The standard InChI is InChI=1S/C11H10N3OS2/c1-7-10(16-6-12-7)11-13-8-5-14(15-2)4-3-9(8)17-11/h3-6H,1-2H3/q+1. The minimum atomic E-state index is 0.946. The van der Waals surface area contributed by atoms with Crippen molar-refractivity contribution in [3.05, 3.63) is 29.7 Å². The largest absolute Gasteiger partial charge is 0.275 e. The van der Waals surface area contributed by atoms with Crippen LogP contribution in [0.3, 0.4) is 0 Å². The van der Waals surface area contributed by atoms with Crippen LogP contribution in [0.25, 0.3) is 20.1 Å². The van der Waals surface area contributed by atoms with Gasteiger partial charge in [-0.15, -0.1) is 22.7 Å². The number of aryl methyl sites for hydroxylation is 1. The van der Waals surface area contributed by atoms with Gasteiger partial charge in [-0.1, -0.05) is 0 Å². The highest BCUT2D eigenvalue weighted by Gasteiger charge is 2.13. The van der Waals surface area contributed by atoms with Gasteiger partial charge in [0.25, 0.3) is 0 Å². The lowest BCUT2D eigenvalue weighted by Crippen LogP contribution is -2.39. The highest BCUT2D eigenvalue weighted by molar-refractivity contribution is 7.25. The molecule has 0 radical (unpaired) electrons. The maximum absolute atomic E-state index is 5.12. The van der Waals surface area contributed by atoms with Crippen LogP contribution >= 0.6 is 22.7 Å². The van der Waals surface area contributed by atoms with Crippen molar-refractivity contribution in [2.45, 2.75) is 6.92 Å². The number of rotatable bonds is 2. The third-order valence-electron chi connectivity index (χ3n) is 2.45. The highest BCUT2D eigenvalue weighted by atomic mass is 32.1. The predicted octanol–water partition coefficient (Wildman–Crippen LogP) is 2.07. The Morgan fingerprint density at radius 2 is 2.29 bits per heavy atom. The van der Waals surface area contributed by atoms with E-state index >= 15 is 0 Å². The molecule has 86 valence electrons. The fourth-order valence-corrected chi connectivity index (χ4v) is 3.46. The summed E-state index contributed by atoms with van der Waals surface area (Å²) < 4.78 is 2.80. The molecule has 0 atom stereocenters. The van der Waals surface area contributed by atoms with Crippen molar-refractivity contribution in [2.75, 3.05) is 7.11 Å². The third kappa shape index (κ3) is 1.79. The molecule has 0 aliphatic rings. The average Bonchev–Trinajstić information content (AvgIpc) is 2.93. The zero-order valence-corrected chi connectivity index (χ0v) is 11.0. The van der Waals surface area contributed by atoms with E-state index in [0.29, 0.717) is 0 Å². The monoisotopic (exact) mass is 264 g/mol. The summed E-state index contributed by atoms with van der Waals surface area (Å²) in [6.07, 6.45) is 3.76. The number of aromatic nitrogens is 3. The molecule has 4 nitrogen and oxygen atoms in total. The van der Waals surface area contributed by atoms with Crippen molar-refractivity contribution in [3.63, 3.8) is 0 Å². The molecule has 0 amide bonds. The van der Waals surface area contributed by atoms with Crippen molar-refractivity contribution >= 4 is 32.9 Å². The molecule has 3 aromatic rings. The molecule has 0 fully saturated rings. The number of pyridine rings is 1. The molecular formula is C11H10N3OS2+. The SMILES string of the molecule is CO[n+]1ccc2sc(-c3scnc3C)nc2c1. The summed E-state index contributed by atoms with van der Waals surface area (Å²) in [4.78, 5) is 15.1. The van der Waals surface area contributed by atoms with Gasteiger partial charge in [-0.3, -0.25) is 4.84 Å². The Kier molecular flexibility index (Phi) is 2.53. The molecule has 0 unspecified atom stereocenters. The molecule has 0 bridgehead atoms. The number of fused-ring (bicyclic) bond motifs is 1. The quantitative estimate of drug-likeness (QED) is 0.665. The van der Waals surface area contributed by atoms with Gasteiger partial charge in [0.15, 0.2) is 5.52 Å². The van der Waals surface area contributed by atoms with E-state index in [1.54, 1.807) is 34.5 Å². The molecule has 3 heterocycles. The lowest BCUT2D eigenvalue weighted by atomic mass is 10.4. The van der Waals surface area contributed by atoms with E-state index in [0.717, 1.165) is 25.8 Å². The van der Waals surface area contributed by atoms with E-state index in [4.69, 9.17) is 4.84 Å². The van der Waals surface area contributed by atoms with Crippen LogP contribution in [0.15, 0.2) is 24.0 Å². The average molecular weight is 264 g/mol. The zero-order valence-electron chi connectivity index (χ0n) is 9.38. The molecule has 17 heavy (non-hydrogen) atoms. The fourth-order valence-electron chi connectivity index (χ4n) is 1.58. The van der Waals surface area contributed by atoms with E-state index in [9.17, 15) is 0 Å². The summed E-state index contributed by atoms with van der Waals surface area (Å²) in [5.41, 5.74) is 3.84. The summed E-state index contributed by atoms with van der Waals surface area (Å²) in [6.45, 7) is 2.01. The minimum Gasteiger partial charge on any atom is -0.275 e. The second kappa shape index (κ2) is 4.05. The molecule has 3 rings (SSSR count). The minimum absolute atomic E-state index is 0.946. The predicted molar refractivity (Wildman–Crippen MR) is 68.2 cm³/mol.